The second-order valence-corrected chi connectivity index (χ2v) is 4.39. The molecule has 1 rings (SSSR count). The molecule has 0 spiro atoms. The van der Waals surface area contributed by atoms with Crippen LogP contribution in [0.2, 0.25) is 0 Å². The summed E-state index contributed by atoms with van der Waals surface area (Å²) < 4.78 is 0. The highest BCUT2D eigenvalue weighted by Gasteiger charge is 2.31. The van der Waals surface area contributed by atoms with E-state index in [0.29, 0.717) is 11.5 Å². The van der Waals surface area contributed by atoms with Gasteiger partial charge in [0.2, 0.25) is 0 Å². The van der Waals surface area contributed by atoms with Crippen molar-refractivity contribution >= 4 is 34.8 Å². The van der Waals surface area contributed by atoms with Crippen LogP contribution in [0.3, 0.4) is 0 Å². The number of hydrogen-bond donors (Lipinski definition) is 0. The first-order valence-electron chi connectivity index (χ1n) is 3.43. The quantitative estimate of drug-likeness (QED) is 0.575. The van der Waals surface area contributed by atoms with E-state index in [1.54, 1.807) is 0 Å². The molecule has 0 nitrogen and oxygen atoms in total. The van der Waals surface area contributed by atoms with Gasteiger partial charge in [-0.3, -0.25) is 0 Å². The normalized spacial score (nSPS) is 31.4. The summed E-state index contributed by atoms with van der Waals surface area (Å²) >= 11 is 17.7. The molecule has 0 heterocycles. The lowest BCUT2D eigenvalue weighted by molar-refractivity contribution is 0.608. The monoisotopic (exact) mass is 210 g/mol. The van der Waals surface area contributed by atoms with Gasteiger partial charge < -0.3 is 0 Å². The lowest BCUT2D eigenvalue weighted by atomic mass is 9.93. The zero-order valence-corrected chi connectivity index (χ0v) is 8.31. The van der Waals surface area contributed by atoms with Crippen LogP contribution in [-0.4, -0.2) is 4.87 Å². The molecule has 0 saturated heterocycles. The molecule has 1 aliphatic carbocycles. The molecule has 1 unspecified atom stereocenters. The van der Waals surface area contributed by atoms with Crippen molar-refractivity contribution < 1.29 is 0 Å². The van der Waals surface area contributed by atoms with Gasteiger partial charge in [0, 0.05) is 10.1 Å². The Hall–Kier alpha value is 0.350. The largest absolute Gasteiger partial charge is 0.113 e. The Labute approximate surface area is 81.8 Å². The van der Waals surface area contributed by atoms with Crippen LogP contribution < -0.4 is 0 Å². The minimum atomic E-state index is -0.458. The van der Waals surface area contributed by atoms with Crippen molar-refractivity contribution in [3.8, 4) is 0 Å². The highest BCUT2D eigenvalue weighted by Crippen LogP contribution is 2.40. The van der Waals surface area contributed by atoms with Crippen LogP contribution in [0.1, 0.15) is 19.3 Å². The third-order valence-corrected chi connectivity index (χ3v) is 3.27. The summed E-state index contributed by atoms with van der Waals surface area (Å²) in [6, 6.07) is 0. The van der Waals surface area contributed by atoms with E-state index in [9.17, 15) is 0 Å². The van der Waals surface area contributed by atoms with E-state index in [1.165, 1.54) is 0 Å². The smallest absolute Gasteiger partial charge is 0.0833 e. The average molecular weight is 212 g/mol. The first kappa shape index (κ1) is 9.44. The van der Waals surface area contributed by atoms with Gasteiger partial charge >= 0.3 is 0 Å². The van der Waals surface area contributed by atoms with E-state index in [-0.39, 0.29) is 0 Å². The van der Waals surface area contributed by atoms with Crippen LogP contribution in [-0.2, 0) is 0 Å². The van der Waals surface area contributed by atoms with Crippen LogP contribution in [0, 0.1) is 0 Å². The predicted molar refractivity (Wildman–Crippen MR) is 51.4 cm³/mol. The van der Waals surface area contributed by atoms with Gasteiger partial charge in [-0.2, -0.15) is 0 Å². The minimum absolute atomic E-state index is 0.458. The molecule has 1 aliphatic rings. The molecule has 62 valence electrons. The molecule has 3 heteroatoms. The van der Waals surface area contributed by atoms with E-state index < -0.39 is 4.87 Å². The minimum Gasteiger partial charge on any atom is -0.113 e. The molecule has 0 amide bonds. The zero-order valence-electron chi connectivity index (χ0n) is 6.04. The van der Waals surface area contributed by atoms with Crippen LogP contribution in [0.25, 0.3) is 0 Å². The second kappa shape index (κ2) is 3.38. The molecule has 0 aromatic rings. The Morgan fingerprint density at radius 1 is 1.64 bits per heavy atom. The molecular weight excluding hydrogens is 202 g/mol. The Kier molecular flexibility index (Phi) is 2.90. The topological polar surface area (TPSA) is 0 Å². The van der Waals surface area contributed by atoms with Crippen molar-refractivity contribution in [3.63, 3.8) is 0 Å². The zero-order chi connectivity index (χ0) is 8.48. The summed E-state index contributed by atoms with van der Waals surface area (Å²) in [6.07, 6.45) is 4.18. The highest BCUT2D eigenvalue weighted by atomic mass is 35.5. The summed E-state index contributed by atoms with van der Waals surface area (Å²) in [5.41, 5.74) is 0. The van der Waals surface area contributed by atoms with Crippen molar-refractivity contribution in [2.75, 3.05) is 0 Å². The van der Waals surface area contributed by atoms with Gasteiger partial charge in [-0.1, -0.05) is 35.9 Å². The van der Waals surface area contributed by atoms with Gasteiger partial charge in [0.15, 0.2) is 0 Å². The number of allylic oxidation sites excluding steroid dienone is 3. The fourth-order valence-electron chi connectivity index (χ4n) is 1.04. The van der Waals surface area contributed by atoms with Crippen LogP contribution >= 0.6 is 34.8 Å². The third-order valence-electron chi connectivity index (χ3n) is 1.89. The molecule has 0 aromatic carbocycles. The number of alkyl halides is 1. The SMILES string of the molecule is C=C(Cl)C1(Cl)CC=C(Cl)CC1. The lowest BCUT2D eigenvalue weighted by Gasteiger charge is -2.27. The average Bonchev–Trinajstić information content (AvgIpc) is 1.95. The molecule has 1 atom stereocenters. The second-order valence-electron chi connectivity index (χ2n) is 2.73. The molecule has 0 aromatic heterocycles. The fourth-order valence-corrected chi connectivity index (χ4v) is 1.56. The van der Waals surface area contributed by atoms with E-state index in [0.717, 1.165) is 17.9 Å². The summed E-state index contributed by atoms with van der Waals surface area (Å²) in [5.74, 6) is 0. The van der Waals surface area contributed by atoms with Crippen molar-refractivity contribution in [1.29, 1.82) is 0 Å². The fraction of sp³-hybridized carbons (Fsp3) is 0.500. The first-order chi connectivity index (χ1) is 5.04. The van der Waals surface area contributed by atoms with Gasteiger partial charge in [-0.15, -0.1) is 11.6 Å². The summed E-state index contributed by atoms with van der Waals surface area (Å²) in [6.45, 7) is 3.64. The Morgan fingerprint density at radius 3 is 2.64 bits per heavy atom. The summed E-state index contributed by atoms with van der Waals surface area (Å²) in [5, 5.41) is 1.39. The molecule has 0 fully saturated rings. The van der Waals surface area contributed by atoms with Crippen LogP contribution in [0.5, 0.6) is 0 Å². The van der Waals surface area contributed by atoms with Crippen LogP contribution in [0.15, 0.2) is 22.7 Å². The van der Waals surface area contributed by atoms with E-state index in [4.69, 9.17) is 34.8 Å². The highest BCUT2D eigenvalue weighted by molar-refractivity contribution is 6.39. The van der Waals surface area contributed by atoms with Gasteiger partial charge in [-0.05, 0) is 19.3 Å². The third kappa shape index (κ3) is 2.14. The lowest BCUT2D eigenvalue weighted by Crippen LogP contribution is -2.23. The number of hydrogen-bond acceptors (Lipinski definition) is 0. The van der Waals surface area contributed by atoms with Crippen molar-refractivity contribution in [3.05, 3.63) is 22.7 Å². The molecular formula is C8H9Cl3. The predicted octanol–water partition coefficient (Wildman–Crippen LogP) is 4.02. The van der Waals surface area contributed by atoms with Gasteiger partial charge in [-0.25, -0.2) is 0 Å². The van der Waals surface area contributed by atoms with Crippen LogP contribution in [0.4, 0.5) is 0 Å². The first-order valence-corrected chi connectivity index (χ1v) is 4.56. The standard InChI is InChI=1S/C8H9Cl3/c1-6(9)8(11)4-2-7(10)3-5-8/h2H,1,3-5H2. The van der Waals surface area contributed by atoms with Crippen molar-refractivity contribution in [2.24, 2.45) is 0 Å². The van der Waals surface area contributed by atoms with Gasteiger partial charge in [0.1, 0.15) is 0 Å². The molecule has 0 saturated carbocycles. The summed E-state index contributed by atoms with van der Waals surface area (Å²) in [7, 11) is 0. The van der Waals surface area contributed by atoms with Gasteiger partial charge in [0.05, 0.1) is 4.87 Å². The Bertz CT molecular complexity index is 207. The Balaban J connectivity index is 2.71. The number of rotatable bonds is 1. The van der Waals surface area contributed by atoms with E-state index in [2.05, 4.69) is 6.58 Å². The van der Waals surface area contributed by atoms with Crippen molar-refractivity contribution in [1.82, 2.24) is 0 Å². The maximum absolute atomic E-state index is 6.14. The summed E-state index contributed by atoms with van der Waals surface area (Å²) in [4.78, 5) is -0.458. The molecule has 0 N–H and O–H groups in total. The maximum Gasteiger partial charge on any atom is 0.0833 e. The molecule has 0 radical (unpaired) electrons. The molecule has 0 bridgehead atoms. The molecule has 0 aliphatic heterocycles. The van der Waals surface area contributed by atoms with E-state index >= 15 is 0 Å². The van der Waals surface area contributed by atoms with Crippen molar-refractivity contribution in [2.45, 2.75) is 24.1 Å². The van der Waals surface area contributed by atoms with E-state index in [1.807, 2.05) is 6.08 Å². The van der Waals surface area contributed by atoms with Gasteiger partial charge in [0.25, 0.3) is 0 Å². The number of halogens is 3. The maximum atomic E-state index is 6.14. The Morgan fingerprint density at radius 2 is 2.27 bits per heavy atom. The molecule has 11 heavy (non-hydrogen) atoms.